The lowest BCUT2D eigenvalue weighted by atomic mass is 10.1. The molecule has 0 radical (unpaired) electrons. The van der Waals surface area contributed by atoms with Gasteiger partial charge in [0.15, 0.2) is 10.9 Å². The molecule has 0 saturated carbocycles. The van der Waals surface area contributed by atoms with E-state index in [-0.39, 0.29) is 16.6 Å². The summed E-state index contributed by atoms with van der Waals surface area (Å²) < 4.78 is 5.56. The highest BCUT2D eigenvalue weighted by atomic mass is 35.5. The Morgan fingerprint density at radius 1 is 1.12 bits per heavy atom. The molecule has 2 heterocycles. The number of rotatable bonds is 5. The molecule has 0 unspecified atom stereocenters. The van der Waals surface area contributed by atoms with E-state index in [9.17, 15) is 14.9 Å². The van der Waals surface area contributed by atoms with Gasteiger partial charge >= 0.3 is 0 Å². The van der Waals surface area contributed by atoms with E-state index < -0.39 is 10.8 Å². The number of nitro groups is 1. The minimum Gasteiger partial charge on any atom is -0.451 e. The summed E-state index contributed by atoms with van der Waals surface area (Å²) in [6.45, 7) is 1.98. The predicted molar refractivity (Wildman–Crippen MR) is 127 cm³/mol. The molecule has 4 rings (SSSR count). The Kier molecular flexibility index (Phi) is 6.38. The smallest absolute Gasteiger partial charge is 0.293 e. The number of halogens is 1. The third-order valence-corrected chi connectivity index (χ3v) is 5.56. The first-order valence-corrected chi connectivity index (χ1v) is 10.7. The first-order chi connectivity index (χ1) is 15.4. The third-order valence-electron chi connectivity index (χ3n) is 5.05. The van der Waals surface area contributed by atoms with Crippen LogP contribution >= 0.6 is 23.8 Å². The normalized spacial score (nSPS) is 13.1. The maximum absolute atomic E-state index is 12.5. The largest absolute Gasteiger partial charge is 0.451 e. The van der Waals surface area contributed by atoms with Crippen molar-refractivity contribution in [3.8, 4) is 11.3 Å². The van der Waals surface area contributed by atoms with Gasteiger partial charge in [-0.05, 0) is 55.4 Å². The molecule has 1 amide bonds. The Morgan fingerprint density at radius 2 is 1.91 bits per heavy atom. The minimum atomic E-state index is -0.543. The van der Waals surface area contributed by atoms with Crippen molar-refractivity contribution in [2.75, 3.05) is 23.3 Å². The fraction of sp³-hybridized carbons (Fsp3) is 0.182. The lowest BCUT2D eigenvalue weighted by Gasteiger charge is -2.20. The highest BCUT2D eigenvalue weighted by molar-refractivity contribution is 7.80. The number of anilines is 2. The standard InChI is InChI=1S/C22H19ClN4O4S/c23-17-13-15(6-7-18(17)26-10-1-2-11-26)24-22(32)25-21(28)20-9-8-19(31-20)14-4-3-5-16(12-14)27(29)30/h3-9,12-13H,1-2,10-11H2,(H2,24,25,28,32). The number of hydrogen-bond acceptors (Lipinski definition) is 6. The highest BCUT2D eigenvalue weighted by Gasteiger charge is 2.17. The van der Waals surface area contributed by atoms with Crippen LogP contribution in [0.2, 0.25) is 5.02 Å². The molecule has 164 valence electrons. The van der Waals surface area contributed by atoms with Gasteiger partial charge < -0.3 is 14.6 Å². The molecule has 1 aliphatic heterocycles. The number of carbonyl (C=O) groups excluding carboxylic acids is 1. The molecule has 1 aromatic heterocycles. The lowest BCUT2D eigenvalue weighted by Crippen LogP contribution is -2.33. The number of amides is 1. The topological polar surface area (TPSA) is 101 Å². The van der Waals surface area contributed by atoms with Crippen LogP contribution in [0.5, 0.6) is 0 Å². The molecular weight excluding hydrogens is 452 g/mol. The van der Waals surface area contributed by atoms with Gasteiger partial charge in [-0.15, -0.1) is 0 Å². The van der Waals surface area contributed by atoms with Crippen LogP contribution < -0.4 is 15.5 Å². The summed E-state index contributed by atoms with van der Waals surface area (Å²) in [7, 11) is 0. The average Bonchev–Trinajstić information content (AvgIpc) is 3.46. The summed E-state index contributed by atoms with van der Waals surface area (Å²) in [5.41, 5.74) is 2.06. The molecule has 3 aromatic rings. The molecule has 10 heteroatoms. The van der Waals surface area contributed by atoms with Crippen LogP contribution in [0.4, 0.5) is 17.1 Å². The Balaban J connectivity index is 1.39. The summed E-state index contributed by atoms with van der Waals surface area (Å²) in [6, 6.07) is 14.6. The van der Waals surface area contributed by atoms with Crippen LogP contribution in [0, 0.1) is 10.1 Å². The molecule has 8 nitrogen and oxygen atoms in total. The predicted octanol–water partition coefficient (Wildman–Crippen LogP) is 5.24. The fourth-order valence-corrected chi connectivity index (χ4v) is 4.02. The van der Waals surface area contributed by atoms with E-state index in [2.05, 4.69) is 15.5 Å². The van der Waals surface area contributed by atoms with Gasteiger partial charge in [0.1, 0.15) is 5.76 Å². The van der Waals surface area contributed by atoms with Gasteiger partial charge in [0.25, 0.3) is 11.6 Å². The first-order valence-electron chi connectivity index (χ1n) is 9.92. The van der Waals surface area contributed by atoms with Crippen molar-refractivity contribution in [1.29, 1.82) is 0 Å². The quantitative estimate of drug-likeness (QED) is 0.299. The van der Waals surface area contributed by atoms with E-state index in [1.165, 1.54) is 18.2 Å². The summed E-state index contributed by atoms with van der Waals surface area (Å²) in [5.74, 6) is -0.181. The first kappa shape index (κ1) is 21.8. The maximum atomic E-state index is 12.5. The van der Waals surface area contributed by atoms with Crippen molar-refractivity contribution in [2.45, 2.75) is 12.8 Å². The summed E-state index contributed by atoms with van der Waals surface area (Å²) in [4.78, 5) is 25.2. The van der Waals surface area contributed by atoms with Gasteiger partial charge in [-0.1, -0.05) is 23.7 Å². The Morgan fingerprint density at radius 3 is 2.62 bits per heavy atom. The molecule has 1 fully saturated rings. The van der Waals surface area contributed by atoms with Gasteiger partial charge in [-0.25, -0.2) is 0 Å². The third kappa shape index (κ3) is 4.90. The molecule has 1 aliphatic rings. The SMILES string of the molecule is O=C(NC(=S)Nc1ccc(N2CCCC2)c(Cl)c1)c1ccc(-c2cccc([N+](=O)[O-])c2)o1. The number of thiocarbonyl (C=S) groups is 1. The van der Waals surface area contributed by atoms with Crippen molar-refractivity contribution in [3.05, 3.63) is 75.5 Å². The van der Waals surface area contributed by atoms with E-state index in [0.717, 1.165) is 31.6 Å². The van der Waals surface area contributed by atoms with Crippen molar-refractivity contribution in [1.82, 2.24) is 5.32 Å². The Hall–Kier alpha value is -3.43. The fourth-order valence-electron chi connectivity index (χ4n) is 3.51. The number of non-ortho nitro benzene ring substituents is 1. The van der Waals surface area contributed by atoms with Gasteiger partial charge in [0, 0.05) is 36.5 Å². The zero-order chi connectivity index (χ0) is 22.7. The van der Waals surface area contributed by atoms with Crippen molar-refractivity contribution < 1.29 is 14.1 Å². The molecule has 0 spiro atoms. The number of nitrogens with zero attached hydrogens (tertiary/aromatic N) is 2. The number of nitrogens with one attached hydrogen (secondary N) is 2. The Bertz CT molecular complexity index is 1190. The molecule has 2 N–H and O–H groups in total. The number of benzene rings is 2. The molecule has 0 atom stereocenters. The van der Waals surface area contributed by atoms with E-state index in [0.29, 0.717) is 22.0 Å². The summed E-state index contributed by atoms with van der Waals surface area (Å²) in [6.07, 6.45) is 2.31. The number of furan rings is 1. The molecule has 32 heavy (non-hydrogen) atoms. The van der Waals surface area contributed by atoms with Crippen LogP contribution in [0.25, 0.3) is 11.3 Å². The average molecular weight is 471 g/mol. The number of carbonyl (C=O) groups is 1. The summed E-state index contributed by atoms with van der Waals surface area (Å²) >= 11 is 11.6. The van der Waals surface area contributed by atoms with E-state index in [1.807, 2.05) is 12.1 Å². The molecule has 2 aromatic carbocycles. The second-order valence-corrected chi connectivity index (χ2v) is 8.06. The monoisotopic (exact) mass is 470 g/mol. The van der Waals surface area contributed by atoms with Crippen LogP contribution in [-0.2, 0) is 0 Å². The van der Waals surface area contributed by atoms with E-state index in [1.54, 1.807) is 24.3 Å². The second-order valence-electron chi connectivity index (χ2n) is 7.24. The molecule has 0 aliphatic carbocycles. The second kappa shape index (κ2) is 9.37. The molecular formula is C22H19ClN4O4S. The highest BCUT2D eigenvalue weighted by Crippen LogP contribution is 2.31. The van der Waals surface area contributed by atoms with Crippen molar-refractivity contribution >= 4 is 51.9 Å². The van der Waals surface area contributed by atoms with Gasteiger partial charge in [0.05, 0.1) is 15.6 Å². The summed E-state index contributed by atoms with van der Waals surface area (Å²) in [5, 5.41) is 17.1. The van der Waals surface area contributed by atoms with Crippen molar-refractivity contribution in [3.63, 3.8) is 0 Å². The van der Waals surface area contributed by atoms with Crippen molar-refractivity contribution in [2.24, 2.45) is 0 Å². The maximum Gasteiger partial charge on any atom is 0.293 e. The van der Waals surface area contributed by atoms with Gasteiger partial charge in [-0.3, -0.25) is 20.2 Å². The number of hydrogen-bond donors (Lipinski definition) is 2. The number of nitro benzene ring substituents is 1. The van der Waals surface area contributed by atoms with E-state index in [4.69, 9.17) is 28.2 Å². The van der Waals surface area contributed by atoms with Crippen LogP contribution in [-0.4, -0.2) is 29.0 Å². The minimum absolute atomic E-state index is 0.0260. The van der Waals surface area contributed by atoms with Crippen LogP contribution in [0.3, 0.4) is 0 Å². The zero-order valence-corrected chi connectivity index (χ0v) is 18.4. The molecule has 1 saturated heterocycles. The van der Waals surface area contributed by atoms with Crippen LogP contribution in [0.15, 0.2) is 59.0 Å². The van der Waals surface area contributed by atoms with E-state index >= 15 is 0 Å². The van der Waals surface area contributed by atoms with Crippen LogP contribution in [0.1, 0.15) is 23.4 Å². The van der Waals surface area contributed by atoms with Gasteiger partial charge in [0.2, 0.25) is 0 Å². The zero-order valence-electron chi connectivity index (χ0n) is 16.8. The lowest BCUT2D eigenvalue weighted by molar-refractivity contribution is -0.384. The van der Waals surface area contributed by atoms with Gasteiger partial charge in [-0.2, -0.15) is 0 Å². The Labute approximate surface area is 194 Å². The molecule has 0 bridgehead atoms.